The molecule has 0 N–H and O–H groups in total. The average Bonchev–Trinajstić information content (AvgIpc) is 2.29. The molecule has 6 heteroatoms. The number of hydrogen-bond acceptors (Lipinski definition) is 3. The lowest BCUT2D eigenvalue weighted by molar-refractivity contribution is -0.149. The fourth-order valence-electron chi connectivity index (χ4n) is 2.23. The molecule has 0 aromatic carbocycles. The monoisotopic (exact) mass is 284 g/mol. The van der Waals surface area contributed by atoms with Gasteiger partial charge in [-0.25, -0.2) is 0 Å². The lowest BCUT2D eigenvalue weighted by atomic mass is 10.2. The predicted octanol–water partition coefficient (Wildman–Crippen LogP) is 2.66. The Labute approximate surface area is 113 Å². The minimum Gasteiger partial charge on any atom is -0.301 e. The standard InChI is InChI=1S/C12H23F3N2S/c13-12(14,15)11-17-8-6-16(7-9-17)5-3-1-2-4-10-18/h18H,1-11H2. The van der Waals surface area contributed by atoms with Crippen molar-refractivity contribution in [3.63, 3.8) is 0 Å². The number of thiol groups is 1. The molecule has 1 rings (SSSR count). The van der Waals surface area contributed by atoms with Gasteiger partial charge in [-0.2, -0.15) is 25.8 Å². The van der Waals surface area contributed by atoms with Crippen LogP contribution in [0.4, 0.5) is 13.2 Å². The van der Waals surface area contributed by atoms with Gasteiger partial charge in [0.25, 0.3) is 0 Å². The van der Waals surface area contributed by atoms with Crippen LogP contribution in [0.25, 0.3) is 0 Å². The molecule has 1 heterocycles. The molecule has 0 spiro atoms. The van der Waals surface area contributed by atoms with E-state index in [1.165, 1.54) is 17.7 Å². The Morgan fingerprint density at radius 3 is 1.94 bits per heavy atom. The highest BCUT2D eigenvalue weighted by molar-refractivity contribution is 7.80. The molecule has 18 heavy (non-hydrogen) atoms. The van der Waals surface area contributed by atoms with Crippen molar-refractivity contribution < 1.29 is 13.2 Å². The largest absolute Gasteiger partial charge is 0.401 e. The molecule has 0 amide bonds. The van der Waals surface area contributed by atoms with E-state index >= 15 is 0 Å². The van der Waals surface area contributed by atoms with E-state index in [1.807, 2.05) is 0 Å². The van der Waals surface area contributed by atoms with E-state index in [9.17, 15) is 13.2 Å². The molecule has 1 aliphatic heterocycles. The molecule has 1 fully saturated rings. The molecule has 0 aliphatic carbocycles. The second-order valence-electron chi connectivity index (χ2n) is 4.87. The van der Waals surface area contributed by atoms with Crippen molar-refractivity contribution in [1.82, 2.24) is 9.80 Å². The SMILES string of the molecule is FC(F)(F)CN1CCN(CCCCCCS)CC1. The Morgan fingerprint density at radius 2 is 1.39 bits per heavy atom. The second-order valence-corrected chi connectivity index (χ2v) is 5.32. The van der Waals surface area contributed by atoms with Crippen LogP contribution in [-0.2, 0) is 0 Å². The van der Waals surface area contributed by atoms with Crippen molar-refractivity contribution in [3.05, 3.63) is 0 Å². The first-order valence-electron chi connectivity index (χ1n) is 6.63. The number of halogens is 3. The zero-order chi connectivity index (χ0) is 13.4. The molecule has 0 atom stereocenters. The summed E-state index contributed by atoms with van der Waals surface area (Å²) in [5.74, 6) is 0.941. The van der Waals surface area contributed by atoms with Gasteiger partial charge >= 0.3 is 6.18 Å². The first kappa shape index (κ1) is 16.1. The summed E-state index contributed by atoms with van der Waals surface area (Å²) in [4.78, 5) is 3.77. The summed E-state index contributed by atoms with van der Waals surface area (Å²) in [7, 11) is 0. The quantitative estimate of drug-likeness (QED) is 0.567. The van der Waals surface area contributed by atoms with E-state index in [2.05, 4.69) is 17.5 Å². The minimum absolute atomic E-state index is 0.538. The van der Waals surface area contributed by atoms with Gasteiger partial charge in [-0.1, -0.05) is 12.8 Å². The zero-order valence-electron chi connectivity index (χ0n) is 10.8. The van der Waals surface area contributed by atoms with Crippen molar-refractivity contribution in [3.8, 4) is 0 Å². The fourth-order valence-corrected chi connectivity index (χ4v) is 2.45. The maximum Gasteiger partial charge on any atom is 0.401 e. The van der Waals surface area contributed by atoms with E-state index in [-0.39, 0.29) is 0 Å². The van der Waals surface area contributed by atoms with Crippen LogP contribution >= 0.6 is 12.6 Å². The zero-order valence-corrected chi connectivity index (χ0v) is 11.6. The number of hydrogen-bond donors (Lipinski definition) is 1. The van der Waals surface area contributed by atoms with Crippen LogP contribution in [0, 0.1) is 0 Å². The van der Waals surface area contributed by atoms with Crippen LogP contribution in [0.2, 0.25) is 0 Å². The predicted molar refractivity (Wildman–Crippen MR) is 71.3 cm³/mol. The van der Waals surface area contributed by atoms with Crippen molar-refractivity contribution in [2.24, 2.45) is 0 Å². The van der Waals surface area contributed by atoms with Gasteiger partial charge in [-0.15, -0.1) is 0 Å². The molecule has 0 aromatic rings. The van der Waals surface area contributed by atoms with Gasteiger partial charge in [-0.05, 0) is 25.1 Å². The maximum atomic E-state index is 12.2. The summed E-state index contributed by atoms with van der Waals surface area (Å²) < 4.78 is 36.6. The number of nitrogens with zero attached hydrogens (tertiary/aromatic N) is 2. The number of unbranched alkanes of at least 4 members (excludes halogenated alkanes) is 3. The van der Waals surface area contributed by atoms with Gasteiger partial charge in [0.15, 0.2) is 0 Å². The van der Waals surface area contributed by atoms with Gasteiger partial charge in [0.1, 0.15) is 0 Å². The molecule has 0 unspecified atom stereocenters. The Morgan fingerprint density at radius 1 is 0.833 bits per heavy atom. The van der Waals surface area contributed by atoms with Gasteiger partial charge in [-0.3, -0.25) is 4.90 Å². The fraction of sp³-hybridized carbons (Fsp3) is 1.00. The summed E-state index contributed by atoms with van der Waals surface area (Å²) in [6.07, 6.45) is 0.644. The molecular formula is C12H23F3N2S. The second kappa shape index (κ2) is 8.27. The lowest BCUT2D eigenvalue weighted by Gasteiger charge is -2.34. The Kier molecular flexibility index (Phi) is 7.41. The number of piperazine rings is 1. The Balaban J connectivity index is 2.05. The highest BCUT2D eigenvalue weighted by Crippen LogP contribution is 2.17. The highest BCUT2D eigenvalue weighted by atomic mass is 32.1. The van der Waals surface area contributed by atoms with Gasteiger partial charge in [0.2, 0.25) is 0 Å². The van der Waals surface area contributed by atoms with E-state index in [4.69, 9.17) is 0 Å². The minimum atomic E-state index is -4.06. The van der Waals surface area contributed by atoms with Crippen LogP contribution < -0.4 is 0 Å². The van der Waals surface area contributed by atoms with Gasteiger partial charge in [0, 0.05) is 26.2 Å². The highest BCUT2D eigenvalue weighted by Gasteiger charge is 2.31. The normalized spacial score (nSPS) is 19.3. The molecule has 0 saturated carbocycles. The lowest BCUT2D eigenvalue weighted by Crippen LogP contribution is -2.49. The molecule has 1 saturated heterocycles. The third-order valence-corrected chi connectivity index (χ3v) is 3.57. The topological polar surface area (TPSA) is 6.48 Å². The average molecular weight is 284 g/mol. The summed E-state index contributed by atoms with van der Waals surface area (Å²) >= 11 is 4.16. The molecule has 1 aliphatic rings. The van der Waals surface area contributed by atoms with E-state index in [0.29, 0.717) is 13.1 Å². The van der Waals surface area contributed by atoms with Crippen molar-refractivity contribution in [1.29, 1.82) is 0 Å². The van der Waals surface area contributed by atoms with Gasteiger partial charge in [0.05, 0.1) is 6.54 Å². The maximum absolute atomic E-state index is 12.2. The first-order valence-corrected chi connectivity index (χ1v) is 7.27. The molecule has 0 aromatic heterocycles. The van der Waals surface area contributed by atoms with Gasteiger partial charge < -0.3 is 4.90 Å². The van der Waals surface area contributed by atoms with Crippen LogP contribution in [0.3, 0.4) is 0 Å². The molecule has 0 bridgehead atoms. The molecule has 108 valence electrons. The van der Waals surface area contributed by atoms with Crippen LogP contribution in [0.15, 0.2) is 0 Å². The Hall–Kier alpha value is 0.0600. The third-order valence-electron chi connectivity index (χ3n) is 3.25. The summed E-state index contributed by atoms with van der Waals surface area (Å²) in [5.41, 5.74) is 0. The van der Waals surface area contributed by atoms with Crippen molar-refractivity contribution in [2.75, 3.05) is 45.0 Å². The van der Waals surface area contributed by atoms with Crippen LogP contribution in [0.5, 0.6) is 0 Å². The molecule has 0 radical (unpaired) electrons. The summed E-state index contributed by atoms with van der Waals surface area (Å²) in [5, 5.41) is 0. The van der Waals surface area contributed by atoms with Crippen molar-refractivity contribution >= 4 is 12.6 Å². The third kappa shape index (κ3) is 7.48. The smallest absolute Gasteiger partial charge is 0.301 e. The van der Waals surface area contributed by atoms with Crippen molar-refractivity contribution in [2.45, 2.75) is 31.9 Å². The summed E-state index contributed by atoms with van der Waals surface area (Å²) in [6, 6.07) is 0. The van der Waals surface area contributed by atoms with E-state index in [1.54, 1.807) is 0 Å². The number of alkyl halides is 3. The molecular weight excluding hydrogens is 261 g/mol. The van der Waals surface area contributed by atoms with Crippen LogP contribution in [-0.4, -0.2) is 61.0 Å². The first-order chi connectivity index (χ1) is 8.51. The number of rotatable bonds is 7. The van der Waals surface area contributed by atoms with E-state index < -0.39 is 12.7 Å². The summed E-state index contributed by atoms with van der Waals surface area (Å²) in [6.45, 7) is 2.87. The Bertz CT molecular complexity index is 216. The van der Waals surface area contributed by atoms with E-state index in [0.717, 1.165) is 38.2 Å². The van der Waals surface area contributed by atoms with Crippen LogP contribution in [0.1, 0.15) is 25.7 Å². The molecule has 2 nitrogen and oxygen atoms in total.